The quantitative estimate of drug-likeness (QED) is 0.548. The molecule has 3 aromatic rings. The molecule has 6 nitrogen and oxygen atoms in total. The first-order valence-electron chi connectivity index (χ1n) is 11.1. The van der Waals surface area contributed by atoms with Gasteiger partial charge in [-0.15, -0.1) is 11.3 Å². The number of hydrogen-bond acceptors (Lipinski definition) is 5. The molecule has 1 aromatic carbocycles. The summed E-state index contributed by atoms with van der Waals surface area (Å²) in [5.74, 6) is 0.775. The molecule has 162 valence electrons. The van der Waals surface area contributed by atoms with Gasteiger partial charge in [-0.1, -0.05) is 18.6 Å². The normalized spacial score (nSPS) is 16.0. The van der Waals surface area contributed by atoms with Crippen LogP contribution < -0.4 is 10.3 Å². The molecule has 0 radical (unpaired) electrons. The van der Waals surface area contributed by atoms with Gasteiger partial charge in [-0.25, -0.2) is 4.98 Å². The number of methoxy groups -OCH3 is 1. The van der Waals surface area contributed by atoms with Gasteiger partial charge in [0, 0.05) is 17.5 Å². The van der Waals surface area contributed by atoms with Crippen molar-refractivity contribution in [2.45, 2.75) is 64.1 Å². The number of carbonyl (C=O) groups is 1. The Labute approximate surface area is 185 Å². The number of ether oxygens (including phenoxy) is 1. The Kier molecular flexibility index (Phi) is 5.52. The molecule has 2 aromatic heterocycles. The summed E-state index contributed by atoms with van der Waals surface area (Å²) in [5, 5.41) is 0.741. The zero-order valence-electron chi connectivity index (χ0n) is 17.8. The predicted molar refractivity (Wildman–Crippen MR) is 122 cm³/mol. The number of aromatic nitrogens is 2. The van der Waals surface area contributed by atoms with Crippen LogP contribution in [0.3, 0.4) is 0 Å². The molecule has 2 aliphatic carbocycles. The van der Waals surface area contributed by atoms with Gasteiger partial charge < -0.3 is 9.64 Å². The van der Waals surface area contributed by atoms with Crippen molar-refractivity contribution < 1.29 is 9.53 Å². The molecule has 1 amide bonds. The molecule has 7 heteroatoms. The van der Waals surface area contributed by atoms with Crippen molar-refractivity contribution in [1.29, 1.82) is 0 Å². The van der Waals surface area contributed by atoms with E-state index in [-0.39, 0.29) is 24.1 Å². The molecule has 0 bridgehead atoms. The predicted octanol–water partition coefficient (Wildman–Crippen LogP) is 3.93. The van der Waals surface area contributed by atoms with E-state index in [1.54, 1.807) is 24.8 Å². The Balaban J connectivity index is 1.39. The lowest BCUT2D eigenvalue weighted by molar-refractivity contribution is -0.133. The Morgan fingerprint density at radius 1 is 1.19 bits per heavy atom. The second-order valence-electron chi connectivity index (χ2n) is 8.52. The van der Waals surface area contributed by atoms with Gasteiger partial charge in [-0.2, -0.15) is 0 Å². The highest BCUT2D eigenvalue weighted by molar-refractivity contribution is 7.18. The summed E-state index contributed by atoms with van der Waals surface area (Å²) in [5.41, 5.74) is 2.16. The number of aryl methyl sites for hydroxylation is 2. The lowest BCUT2D eigenvalue weighted by Crippen LogP contribution is -2.37. The molecule has 0 spiro atoms. The van der Waals surface area contributed by atoms with E-state index in [9.17, 15) is 9.59 Å². The summed E-state index contributed by atoms with van der Waals surface area (Å²) >= 11 is 1.65. The average molecular weight is 438 g/mol. The smallest absolute Gasteiger partial charge is 0.262 e. The van der Waals surface area contributed by atoms with Gasteiger partial charge in [-0.05, 0) is 61.8 Å². The highest BCUT2D eigenvalue weighted by Crippen LogP contribution is 2.33. The molecule has 0 N–H and O–H groups in total. The van der Waals surface area contributed by atoms with Crippen LogP contribution in [0.25, 0.3) is 10.2 Å². The summed E-state index contributed by atoms with van der Waals surface area (Å²) in [6, 6.07) is 8.06. The summed E-state index contributed by atoms with van der Waals surface area (Å²) in [7, 11) is 1.64. The third-order valence-electron chi connectivity index (χ3n) is 6.32. The van der Waals surface area contributed by atoms with Gasteiger partial charge in [0.25, 0.3) is 5.56 Å². The molecule has 0 saturated heterocycles. The van der Waals surface area contributed by atoms with Crippen molar-refractivity contribution in [3.63, 3.8) is 0 Å². The first kappa shape index (κ1) is 20.2. The zero-order valence-corrected chi connectivity index (χ0v) is 18.6. The van der Waals surface area contributed by atoms with E-state index in [1.165, 1.54) is 27.8 Å². The number of benzene rings is 1. The van der Waals surface area contributed by atoms with Gasteiger partial charge in [0.2, 0.25) is 5.91 Å². The molecule has 1 fully saturated rings. The summed E-state index contributed by atoms with van der Waals surface area (Å²) in [4.78, 5) is 35.1. The topological polar surface area (TPSA) is 64.4 Å². The lowest BCUT2D eigenvalue weighted by Gasteiger charge is -2.23. The van der Waals surface area contributed by atoms with Gasteiger partial charge in [0.05, 0.1) is 18.8 Å². The maximum Gasteiger partial charge on any atom is 0.262 e. The molecule has 1 saturated carbocycles. The number of amides is 1. The van der Waals surface area contributed by atoms with Crippen LogP contribution in [0.1, 0.15) is 48.1 Å². The van der Waals surface area contributed by atoms with Crippen molar-refractivity contribution in [1.82, 2.24) is 14.5 Å². The number of hydrogen-bond donors (Lipinski definition) is 0. The number of fused-ring (bicyclic) bond motifs is 3. The largest absolute Gasteiger partial charge is 0.497 e. The van der Waals surface area contributed by atoms with Crippen molar-refractivity contribution in [3.8, 4) is 5.75 Å². The molecule has 31 heavy (non-hydrogen) atoms. The third kappa shape index (κ3) is 4.11. The molecule has 2 heterocycles. The van der Waals surface area contributed by atoms with Crippen LogP contribution >= 0.6 is 11.3 Å². The van der Waals surface area contributed by atoms with E-state index in [0.29, 0.717) is 6.54 Å². The van der Waals surface area contributed by atoms with E-state index in [0.717, 1.165) is 53.6 Å². The minimum atomic E-state index is -0.0713. The minimum absolute atomic E-state index is 0.0251. The summed E-state index contributed by atoms with van der Waals surface area (Å²) in [6.45, 7) is 0.588. The van der Waals surface area contributed by atoms with Gasteiger partial charge in [-0.3, -0.25) is 14.2 Å². The van der Waals surface area contributed by atoms with Crippen molar-refractivity contribution >= 4 is 27.5 Å². The van der Waals surface area contributed by atoms with Crippen molar-refractivity contribution in [2.75, 3.05) is 7.11 Å². The lowest BCUT2D eigenvalue weighted by atomic mass is 10.1. The number of nitrogens with zero attached hydrogens (tertiary/aromatic N) is 3. The fraction of sp³-hybridized carbons (Fsp3) is 0.458. The molecule has 5 rings (SSSR count). The molecule has 0 atom stereocenters. The third-order valence-corrected chi connectivity index (χ3v) is 7.52. The number of carbonyl (C=O) groups excluding carboxylic acids is 1. The van der Waals surface area contributed by atoms with Gasteiger partial charge >= 0.3 is 0 Å². The van der Waals surface area contributed by atoms with Crippen LogP contribution in [0, 0.1) is 0 Å². The molecule has 0 unspecified atom stereocenters. The SMILES string of the molecule is COc1ccc(CN(C(=O)Cn2cnc3sc4c(c3c2=O)CCCCC4)C2CC2)cc1. The molecular weight excluding hydrogens is 410 g/mol. The van der Waals surface area contributed by atoms with Crippen LogP contribution in [0.4, 0.5) is 0 Å². The van der Waals surface area contributed by atoms with Gasteiger partial charge in [0.1, 0.15) is 17.1 Å². The second kappa shape index (κ2) is 8.46. The number of rotatable bonds is 6. The van der Waals surface area contributed by atoms with Crippen LogP contribution in [0.5, 0.6) is 5.75 Å². The fourth-order valence-corrected chi connectivity index (χ4v) is 5.66. The maximum absolute atomic E-state index is 13.3. The minimum Gasteiger partial charge on any atom is -0.497 e. The Morgan fingerprint density at radius 2 is 1.97 bits per heavy atom. The number of thiophene rings is 1. The van der Waals surface area contributed by atoms with Crippen LogP contribution in [0.2, 0.25) is 0 Å². The average Bonchev–Trinajstić information content (AvgIpc) is 3.59. The molecule has 2 aliphatic rings. The van der Waals surface area contributed by atoms with E-state index >= 15 is 0 Å². The zero-order chi connectivity index (χ0) is 21.4. The molecule has 0 aliphatic heterocycles. The van der Waals surface area contributed by atoms with E-state index in [2.05, 4.69) is 4.98 Å². The van der Waals surface area contributed by atoms with Crippen molar-refractivity contribution in [3.05, 3.63) is 57.0 Å². The Morgan fingerprint density at radius 3 is 2.71 bits per heavy atom. The van der Waals surface area contributed by atoms with Crippen LogP contribution in [0.15, 0.2) is 35.4 Å². The molecular formula is C24H27N3O3S. The second-order valence-corrected chi connectivity index (χ2v) is 9.61. The van der Waals surface area contributed by atoms with E-state index in [4.69, 9.17) is 4.74 Å². The Bertz CT molecular complexity index is 1160. The Hall–Kier alpha value is -2.67. The monoisotopic (exact) mass is 437 g/mol. The van der Waals surface area contributed by atoms with Crippen molar-refractivity contribution in [2.24, 2.45) is 0 Å². The summed E-state index contributed by atoms with van der Waals surface area (Å²) in [6.07, 6.45) is 9.06. The highest BCUT2D eigenvalue weighted by Gasteiger charge is 2.33. The highest BCUT2D eigenvalue weighted by atomic mass is 32.1. The van der Waals surface area contributed by atoms with E-state index < -0.39 is 0 Å². The fourth-order valence-electron chi connectivity index (χ4n) is 4.44. The van der Waals surface area contributed by atoms with E-state index in [1.807, 2.05) is 29.2 Å². The first-order valence-corrected chi connectivity index (χ1v) is 11.9. The van der Waals surface area contributed by atoms with Crippen LogP contribution in [-0.2, 0) is 30.7 Å². The first-order chi connectivity index (χ1) is 15.1. The maximum atomic E-state index is 13.3. The summed E-state index contributed by atoms with van der Waals surface area (Å²) < 4.78 is 6.73. The van der Waals surface area contributed by atoms with Crippen LogP contribution in [-0.4, -0.2) is 33.5 Å². The van der Waals surface area contributed by atoms with Gasteiger partial charge in [0.15, 0.2) is 0 Å². The standard InChI is InChI=1S/C24H27N3O3S/c1-30-18-11-7-16(8-12-18)13-27(17-9-10-17)21(28)14-26-15-25-23-22(24(26)29)19-5-3-2-4-6-20(19)31-23/h7-8,11-12,15,17H,2-6,9-10,13-14H2,1H3.